The topological polar surface area (TPSA) is 101 Å². The van der Waals surface area contributed by atoms with E-state index in [1.165, 1.54) is 0 Å². The van der Waals surface area contributed by atoms with Crippen molar-refractivity contribution in [1.82, 2.24) is 14.5 Å². The highest BCUT2D eigenvalue weighted by Crippen LogP contribution is 2.21. The van der Waals surface area contributed by atoms with Crippen molar-refractivity contribution in [3.8, 4) is 0 Å². The van der Waals surface area contributed by atoms with Crippen LogP contribution in [0.1, 0.15) is 23.3 Å². The van der Waals surface area contributed by atoms with E-state index in [1.54, 1.807) is 22.0 Å². The first kappa shape index (κ1) is 13.5. The molecule has 7 heteroatoms. The number of nitrogens with zero attached hydrogens (tertiary/aromatic N) is 3. The second kappa shape index (κ2) is 5.83. The molecule has 0 saturated carbocycles. The van der Waals surface area contributed by atoms with Gasteiger partial charge in [0, 0.05) is 38.8 Å². The van der Waals surface area contributed by atoms with Gasteiger partial charge in [0.15, 0.2) is 0 Å². The van der Waals surface area contributed by atoms with Crippen molar-refractivity contribution in [1.29, 1.82) is 0 Å². The molecule has 7 nitrogen and oxygen atoms in total. The molecule has 1 saturated heterocycles. The van der Waals surface area contributed by atoms with Crippen LogP contribution in [0.3, 0.4) is 0 Å². The predicted octanol–water partition coefficient (Wildman–Crippen LogP) is -0.221. The molecule has 1 amide bonds. The lowest BCUT2D eigenvalue weighted by atomic mass is 10.1. The average Bonchev–Trinajstić information content (AvgIpc) is 2.97. The van der Waals surface area contributed by atoms with E-state index in [-0.39, 0.29) is 18.2 Å². The Bertz CT molecular complexity index is 471. The zero-order valence-corrected chi connectivity index (χ0v) is 10.7. The maximum atomic E-state index is 12.2. The van der Waals surface area contributed by atoms with E-state index in [0.29, 0.717) is 31.9 Å². The number of aliphatic carboxylic acids is 1. The van der Waals surface area contributed by atoms with Crippen LogP contribution in [0.25, 0.3) is 0 Å². The second-order valence-electron chi connectivity index (χ2n) is 4.79. The molecule has 0 bridgehead atoms. The van der Waals surface area contributed by atoms with Gasteiger partial charge in [-0.15, -0.1) is 0 Å². The van der Waals surface area contributed by atoms with Crippen LogP contribution in [0.4, 0.5) is 0 Å². The molecule has 1 aromatic rings. The Hall–Kier alpha value is -1.89. The SMILES string of the molecule is NCCn1cnc(C(=O)N2CCC(CC(=O)O)C2)c1. The minimum Gasteiger partial charge on any atom is -0.481 e. The molecule has 0 radical (unpaired) electrons. The largest absolute Gasteiger partial charge is 0.481 e. The summed E-state index contributed by atoms with van der Waals surface area (Å²) < 4.78 is 1.78. The molecule has 3 N–H and O–H groups in total. The van der Waals surface area contributed by atoms with E-state index >= 15 is 0 Å². The molecule has 1 aliphatic heterocycles. The van der Waals surface area contributed by atoms with E-state index in [2.05, 4.69) is 4.98 Å². The van der Waals surface area contributed by atoms with Gasteiger partial charge in [-0.2, -0.15) is 0 Å². The highest BCUT2D eigenvalue weighted by Gasteiger charge is 2.29. The van der Waals surface area contributed by atoms with E-state index < -0.39 is 5.97 Å². The van der Waals surface area contributed by atoms with Gasteiger partial charge >= 0.3 is 5.97 Å². The Labute approximate surface area is 111 Å². The summed E-state index contributed by atoms with van der Waals surface area (Å²) >= 11 is 0. The predicted molar refractivity (Wildman–Crippen MR) is 67.5 cm³/mol. The fraction of sp³-hybridized carbons (Fsp3) is 0.583. The third-order valence-electron chi connectivity index (χ3n) is 3.28. The first-order valence-electron chi connectivity index (χ1n) is 6.33. The number of hydrogen-bond donors (Lipinski definition) is 2. The van der Waals surface area contributed by atoms with Crippen LogP contribution in [-0.4, -0.2) is 51.1 Å². The Morgan fingerprint density at radius 2 is 2.32 bits per heavy atom. The van der Waals surface area contributed by atoms with Crippen molar-refractivity contribution < 1.29 is 14.7 Å². The quantitative estimate of drug-likeness (QED) is 0.767. The smallest absolute Gasteiger partial charge is 0.303 e. The summed E-state index contributed by atoms with van der Waals surface area (Å²) in [6.07, 6.45) is 4.12. The van der Waals surface area contributed by atoms with Crippen LogP contribution in [0.2, 0.25) is 0 Å². The number of carbonyl (C=O) groups excluding carboxylic acids is 1. The Balaban J connectivity index is 1.94. The van der Waals surface area contributed by atoms with Crippen LogP contribution in [0, 0.1) is 5.92 Å². The molecule has 1 aliphatic rings. The summed E-state index contributed by atoms with van der Waals surface area (Å²) in [6, 6.07) is 0. The van der Waals surface area contributed by atoms with Crippen molar-refractivity contribution in [2.75, 3.05) is 19.6 Å². The van der Waals surface area contributed by atoms with Crippen molar-refractivity contribution in [3.63, 3.8) is 0 Å². The number of aromatic nitrogens is 2. The number of likely N-dealkylation sites (tertiary alicyclic amines) is 1. The van der Waals surface area contributed by atoms with Gasteiger partial charge in [-0.05, 0) is 12.3 Å². The maximum Gasteiger partial charge on any atom is 0.303 e. The van der Waals surface area contributed by atoms with Gasteiger partial charge < -0.3 is 20.3 Å². The monoisotopic (exact) mass is 266 g/mol. The fourth-order valence-corrected chi connectivity index (χ4v) is 2.33. The van der Waals surface area contributed by atoms with Crippen LogP contribution >= 0.6 is 0 Å². The fourth-order valence-electron chi connectivity index (χ4n) is 2.33. The molecular weight excluding hydrogens is 248 g/mol. The Morgan fingerprint density at radius 1 is 1.53 bits per heavy atom. The normalized spacial score (nSPS) is 18.8. The van der Waals surface area contributed by atoms with Gasteiger partial charge in [-0.25, -0.2) is 4.98 Å². The molecule has 0 aliphatic carbocycles. The van der Waals surface area contributed by atoms with Gasteiger partial charge in [0.25, 0.3) is 5.91 Å². The van der Waals surface area contributed by atoms with Crippen molar-refractivity contribution in [3.05, 3.63) is 18.2 Å². The molecule has 1 aromatic heterocycles. The Morgan fingerprint density at radius 3 is 3.00 bits per heavy atom. The lowest BCUT2D eigenvalue weighted by Crippen LogP contribution is -2.29. The summed E-state index contributed by atoms with van der Waals surface area (Å²) in [7, 11) is 0. The van der Waals surface area contributed by atoms with Crippen molar-refractivity contribution in [2.24, 2.45) is 11.7 Å². The van der Waals surface area contributed by atoms with E-state index in [9.17, 15) is 9.59 Å². The standard InChI is InChI=1S/C12H18N4O3/c13-2-4-15-7-10(14-8-15)12(19)16-3-1-9(6-16)5-11(17)18/h7-9H,1-6,13H2,(H,17,18). The van der Waals surface area contributed by atoms with Crippen LogP contribution < -0.4 is 5.73 Å². The molecule has 2 rings (SSSR count). The minimum atomic E-state index is -0.813. The number of imidazole rings is 1. The van der Waals surface area contributed by atoms with Crippen molar-refractivity contribution in [2.45, 2.75) is 19.4 Å². The number of nitrogens with two attached hydrogens (primary N) is 1. The molecule has 0 aromatic carbocycles. The molecule has 2 heterocycles. The summed E-state index contributed by atoms with van der Waals surface area (Å²) in [5.74, 6) is -0.900. The van der Waals surface area contributed by atoms with Gasteiger partial charge in [0.1, 0.15) is 5.69 Å². The second-order valence-corrected chi connectivity index (χ2v) is 4.79. The molecule has 19 heavy (non-hydrogen) atoms. The van der Waals surface area contributed by atoms with Gasteiger partial charge in [-0.1, -0.05) is 0 Å². The average molecular weight is 266 g/mol. The molecule has 1 unspecified atom stereocenters. The molecule has 1 fully saturated rings. The maximum absolute atomic E-state index is 12.2. The zero-order valence-electron chi connectivity index (χ0n) is 10.7. The van der Waals surface area contributed by atoms with E-state index in [4.69, 9.17) is 10.8 Å². The molecule has 1 atom stereocenters. The number of carboxylic acids is 1. The van der Waals surface area contributed by atoms with Crippen molar-refractivity contribution >= 4 is 11.9 Å². The van der Waals surface area contributed by atoms with Crippen LogP contribution in [0.15, 0.2) is 12.5 Å². The van der Waals surface area contributed by atoms with E-state index in [0.717, 1.165) is 6.42 Å². The highest BCUT2D eigenvalue weighted by molar-refractivity contribution is 5.92. The summed E-state index contributed by atoms with van der Waals surface area (Å²) in [5, 5.41) is 8.75. The molecular formula is C12H18N4O3. The van der Waals surface area contributed by atoms with E-state index in [1.807, 2.05) is 0 Å². The number of rotatable bonds is 5. The lowest BCUT2D eigenvalue weighted by molar-refractivity contribution is -0.138. The molecule has 0 spiro atoms. The third-order valence-corrected chi connectivity index (χ3v) is 3.28. The zero-order chi connectivity index (χ0) is 13.8. The van der Waals surface area contributed by atoms with Gasteiger partial charge in [0.2, 0.25) is 0 Å². The number of hydrogen-bond acceptors (Lipinski definition) is 4. The van der Waals surface area contributed by atoms with Crippen LogP contribution in [0.5, 0.6) is 0 Å². The lowest BCUT2D eigenvalue weighted by Gasteiger charge is -2.14. The number of amides is 1. The summed E-state index contributed by atoms with van der Waals surface area (Å²) in [6.45, 7) is 2.21. The van der Waals surface area contributed by atoms with Gasteiger partial charge in [0.05, 0.1) is 6.33 Å². The first-order valence-corrected chi connectivity index (χ1v) is 6.33. The molecule has 104 valence electrons. The minimum absolute atomic E-state index is 0.0487. The van der Waals surface area contributed by atoms with Gasteiger partial charge in [-0.3, -0.25) is 9.59 Å². The summed E-state index contributed by atoms with van der Waals surface area (Å²) in [5.41, 5.74) is 5.83. The number of carboxylic acid groups (broad SMARTS) is 1. The first-order chi connectivity index (χ1) is 9.10. The Kier molecular flexibility index (Phi) is 4.16. The summed E-state index contributed by atoms with van der Waals surface area (Å²) in [4.78, 5) is 28.5. The van der Waals surface area contributed by atoms with Crippen LogP contribution in [-0.2, 0) is 11.3 Å². The third kappa shape index (κ3) is 3.31. The highest BCUT2D eigenvalue weighted by atomic mass is 16.4. The number of carbonyl (C=O) groups is 2.